The molecule has 0 saturated heterocycles. The molecule has 0 radical (unpaired) electrons. The fourth-order valence-electron chi connectivity index (χ4n) is 1.03. The number of halogens is 1. The molecule has 0 atom stereocenters. The molecule has 1 aromatic heterocycles. The van der Waals surface area contributed by atoms with E-state index in [0.717, 1.165) is 12.8 Å². The molecular formula is C10H12BrNO3. The average Bonchev–Trinajstić information content (AvgIpc) is 2.20. The highest BCUT2D eigenvalue weighted by Gasteiger charge is 2.15. The fraction of sp³-hybridized carbons (Fsp3) is 0.400. The van der Waals surface area contributed by atoms with Gasteiger partial charge < -0.3 is 9.84 Å². The molecule has 1 heterocycles. The summed E-state index contributed by atoms with van der Waals surface area (Å²) in [7, 11) is 0. The highest BCUT2D eigenvalue weighted by atomic mass is 79.9. The highest BCUT2D eigenvalue weighted by molar-refractivity contribution is 9.10. The van der Waals surface area contributed by atoms with Gasteiger partial charge in [0.05, 0.1) is 11.1 Å². The van der Waals surface area contributed by atoms with Gasteiger partial charge in [-0.15, -0.1) is 0 Å². The van der Waals surface area contributed by atoms with Gasteiger partial charge in [-0.3, -0.25) is 0 Å². The summed E-state index contributed by atoms with van der Waals surface area (Å²) in [6.07, 6.45) is 3.32. The molecule has 0 spiro atoms. The summed E-state index contributed by atoms with van der Waals surface area (Å²) >= 11 is 3.24. The molecule has 15 heavy (non-hydrogen) atoms. The number of carboxylic acid groups (broad SMARTS) is 1. The number of ether oxygens (including phenoxy) is 1. The predicted molar refractivity (Wildman–Crippen MR) is 59.3 cm³/mol. The Morgan fingerprint density at radius 1 is 1.67 bits per heavy atom. The smallest absolute Gasteiger partial charge is 0.358 e. The van der Waals surface area contributed by atoms with Gasteiger partial charge >= 0.3 is 5.97 Å². The standard InChI is InChI=1S/C10H12BrNO3/c1-2-3-6-15-9-7(11)4-5-12-8(9)10(13)14/h4-5H,2-3,6H2,1H3,(H,13,14). The molecule has 0 unspecified atom stereocenters. The topological polar surface area (TPSA) is 59.4 Å². The van der Waals surface area contributed by atoms with Crippen LogP contribution in [0, 0.1) is 0 Å². The zero-order valence-electron chi connectivity index (χ0n) is 8.36. The average molecular weight is 274 g/mol. The maximum absolute atomic E-state index is 10.8. The zero-order chi connectivity index (χ0) is 11.3. The summed E-state index contributed by atoms with van der Waals surface area (Å²) in [6, 6.07) is 1.66. The second kappa shape index (κ2) is 5.70. The van der Waals surface area contributed by atoms with Gasteiger partial charge in [-0.25, -0.2) is 9.78 Å². The second-order valence-electron chi connectivity index (χ2n) is 2.98. The van der Waals surface area contributed by atoms with Crippen molar-refractivity contribution < 1.29 is 14.6 Å². The van der Waals surface area contributed by atoms with Crippen LogP contribution in [0.15, 0.2) is 16.7 Å². The van der Waals surface area contributed by atoms with Crippen LogP contribution in [-0.4, -0.2) is 22.7 Å². The van der Waals surface area contributed by atoms with Crippen LogP contribution in [0.2, 0.25) is 0 Å². The third-order valence-corrected chi connectivity index (χ3v) is 2.43. The Balaban J connectivity index is 2.87. The highest BCUT2D eigenvalue weighted by Crippen LogP contribution is 2.27. The Morgan fingerprint density at radius 2 is 2.40 bits per heavy atom. The summed E-state index contributed by atoms with van der Waals surface area (Å²) in [5.41, 5.74) is -0.0551. The molecule has 0 bridgehead atoms. The van der Waals surface area contributed by atoms with Crippen molar-refractivity contribution in [1.29, 1.82) is 0 Å². The second-order valence-corrected chi connectivity index (χ2v) is 3.83. The van der Waals surface area contributed by atoms with Crippen LogP contribution in [-0.2, 0) is 0 Å². The normalized spacial score (nSPS) is 10.0. The van der Waals surface area contributed by atoms with Gasteiger partial charge in [0.1, 0.15) is 0 Å². The Hall–Kier alpha value is -1.10. The summed E-state index contributed by atoms with van der Waals surface area (Å²) < 4.78 is 6.00. The lowest BCUT2D eigenvalue weighted by atomic mass is 10.3. The largest absolute Gasteiger partial charge is 0.490 e. The van der Waals surface area contributed by atoms with Gasteiger partial charge in [0.15, 0.2) is 11.4 Å². The molecule has 4 nitrogen and oxygen atoms in total. The number of hydrogen-bond donors (Lipinski definition) is 1. The van der Waals surface area contributed by atoms with E-state index in [1.165, 1.54) is 6.20 Å². The van der Waals surface area contributed by atoms with E-state index in [0.29, 0.717) is 16.8 Å². The molecule has 0 fully saturated rings. The van der Waals surface area contributed by atoms with Crippen molar-refractivity contribution in [3.05, 3.63) is 22.4 Å². The minimum Gasteiger partial charge on any atom is -0.490 e. The van der Waals surface area contributed by atoms with Crippen molar-refractivity contribution in [2.24, 2.45) is 0 Å². The Morgan fingerprint density at radius 3 is 3.00 bits per heavy atom. The van der Waals surface area contributed by atoms with E-state index in [1.54, 1.807) is 6.07 Å². The molecule has 5 heteroatoms. The summed E-state index contributed by atoms with van der Waals surface area (Å²) in [5.74, 6) is -0.777. The van der Waals surface area contributed by atoms with E-state index in [9.17, 15) is 4.79 Å². The molecule has 82 valence electrons. The van der Waals surface area contributed by atoms with Crippen molar-refractivity contribution in [1.82, 2.24) is 4.98 Å². The molecular weight excluding hydrogens is 262 g/mol. The Labute approximate surface area is 96.4 Å². The van der Waals surface area contributed by atoms with Gasteiger partial charge in [0.25, 0.3) is 0 Å². The quantitative estimate of drug-likeness (QED) is 0.839. The maximum Gasteiger partial charge on any atom is 0.358 e. The van der Waals surface area contributed by atoms with Crippen LogP contribution in [0.25, 0.3) is 0 Å². The van der Waals surface area contributed by atoms with Crippen LogP contribution < -0.4 is 4.74 Å². The first kappa shape index (κ1) is 12.0. The number of aromatic carboxylic acids is 1. The number of carboxylic acids is 1. The summed E-state index contributed by atoms with van der Waals surface area (Å²) in [5, 5.41) is 8.88. The van der Waals surface area contributed by atoms with Crippen LogP contribution in [0.5, 0.6) is 5.75 Å². The molecule has 0 amide bonds. The first-order valence-electron chi connectivity index (χ1n) is 4.67. The number of unbranched alkanes of at least 4 members (excludes halogenated alkanes) is 1. The third kappa shape index (κ3) is 3.20. The van der Waals surface area contributed by atoms with Gasteiger partial charge in [-0.2, -0.15) is 0 Å². The molecule has 0 aliphatic heterocycles. The number of hydrogen-bond acceptors (Lipinski definition) is 3. The van der Waals surface area contributed by atoms with Crippen molar-refractivity contribution >= 4 is 21.9 Å². The van der Waals surface area contributed by atoms with Crippen molar-refractivity contribution in [3.63, 3.8) is 0 Å². The Bertz CT molecular complexity index is 355. The van der Waals surface area contributed by atoms with Crippen LogP contribution in [0.4, 0.5) is 0 Å². The lowest BCUT2D eigenvalue weighted by molar-refractivity contribution is 0.0685. The summed E-state index contributed by atoms with van der Waals surface area (Å²) in [4.78, 5) is 14.6. The summed E-state index contributed by atoms with van der Waals surface area (Å²) in [6.45, 7) is 2.54. The van der Waals surface area contributed by atoms with E-state index in [-0.39, 0.29) is 5.69 Å². The zero-order valence-corrected chi connectivity index (χ0v) is 9.95. The SMILES string of the molecule is CCCCOc1c(Br)ccnc1C(=O)O. The molecule has 1 N–H and O–H groups in total. The van der Waals surface area contributed by atoms with Gasteiger partial charge in [-0.1, -0.05) is 13.3 Å². The Kier molecular flexibility index (Phi) is 4.55. The molecule has 0 aromatic carbocycles. The number of pyridine rings is 1. The van der Waals surface area contributed by atoms with E-state index in [4.69, 9.17) is 9.84 Å². The predicted octanol–water partition coefficient (Wildman–Crippen LogP) is 2.72. The van der Waals surface area contributed by atoms with Crippen molar-refractivity contribution in [2.45, 2.75) is 19.8 Å². The maximum atomic E-state index is 10.8. The molecule has 0 saturated carbocycles. The first-order chi connectivity index (χ1) is 7.16. The number of aromatic nitrogens is 1. The van der Waals surface area contributed by atoms with Crippen LogP contribution in [0.1, 0.15) is 30.3 Å². The van der Waals surface area contributed by atoms with Gasteiger partial charge in [-0.05, 0) is 28.4 Å². The number of rotatable bonds is 5. The van der Waals surface area contributed by atoms with Crippen LogP contribution in [0.3, 0.4) is 0 Å². The van der Waals surface area contributed by atoms with Gasteiger partial charge in [0.2, 0.25) is 0 Å². The van der Waals surface area contributed by atoms with E-state index < -0.39 is 5.97 Å². The van der Waals surface area contributed by atoms with E-state index in [2.05, 4.69) is 20.9 Å². The third-order valence-electron chi connectivity index (χ3n) is 1.80. The lowest BCUT2D eigenvalue weighted by Crippen LogP contribution is -2.07. The monoisotopic (exact) mass is 273 g/mol. The van der Waals surface area contributed by atoms with E-state index >= 15 is 0 Å². The lowest BCUT2D eigenvalue weighted by Gasteiger charge is -2.09. The number of nitrogens with zero attached hydrogens (tertiary/aromatic N) is 1. The number of carbonyl (C=O) groups is 1. The molecule has 1 rings (SSSR count). The van der Waals surface area contributed by atoms with Crippen molar-refractivity contribution in [2.75, 3.05) is 6.61 Å². The minimum absolute atomic E-state index is 0.0551. The minimum atomic E-state index is -1.08. The van der Waals surface area contributed by atoms with Crippen LogP contribution >= 0.6 is 15.9 Å². The molecule has 1 aromatic rings. The fourth-order valence-corrected chi connectivity index (χ4v) is 1.45. The molecule has 0 aliphatic rings. The van der Waals surface area contributed by atoms with Gasteiger partial charge in [0, 0.05) is 6.20 Å². The van der Waals surface area contributed by atoms with E-state index in [1.807, 2.05) is 6.92 Å². The van der Waals surface area contributed by atoms with Crippen molar-refractivity contribution in [3.8, 4) is 5.75 Å². The first-order valence-corrected chi connectivity index (χ1v) is 5.46. The molecule has 0 aliphatic carbocycles.